The smallest absolute Gasteiger partial charge is 0.258 e. The zero-order valence-electron chi connectivity index (χ0n) is 22.9. The third-order valence-electron chi connectivity index (χ3n) is 9.63. The third kappa shape index (κ3) is 4.93. The van der Waals surface area contributed by atoms with Gasteiger partial charge in [-0.25, -0.2) is 4.39 Å². The number of carbonyl (C=O) groups is 5. The Hall–Kier alpha value is -2.98. The lowest BCUT2D eigenvalue weighted by Gasteiger charge is -2.39. The first-order valence-electron chi connectivity index (χ1n) is 14.2. The Morgan fingerprint density at radius 2 is 1.87 bits per heavy atom. The molecule has 2 aliphatic heterocycles. The molecule has 5 amide bonds. The summed E-state index contributed by atoms with van der Waals surface area (Å²) in [4.78, 5) is 66.8. The van der Waals surface area contributed by atoms with Crippen LogP contribution in [0, 0.1) is 35.0 Å². The average Bonchev–Trinajstić information content (AvgIpc) is 3.61. The summed E-state index contributed by atoms with van der Waals surface area (Å²) in [5.41, 5.74) is 2.92. The van der Waals surface area contributed by atoms with Crippen molar-refractivity contribution in [3.63, 3.8) is 0 Å². The van der Waals surface area contributed by atoms with Gasteiger partial charge in [-0.3, -0.25) is 24.0 Å². The van der Waals surface area contributed by atoms with Crippen LogP contribution in [0.3, 0.4) is 0 Å². The highest BCUT2D eigenvalue weighted by molar-refractivity contribution is 5.96. The molecule has 214 valence electrons. The third-order valence-corrected chi connectivity index (χ3v) is 9.63. The molecular formula is C28H40FN5O5. The molecule has 0 aromatic heterocycles. The first kappa shape index (κ1) is 27.6. The van der Waals surface area contributed by atoms with Crippen LogP contribution in [0.25, 0.3) is 0 Å². The van der Waals surface area contributed by atoms with E-state index in [4.69, 9.17) is 5.73 Å². The fourth-order valence-electron chi connectivity index (χ4n) is 7.23. The number of carbonyl (C=O) groups excluding carboxylic acids is 5. The minimum Gasteiger partial charge on any atom is -0.368 e. The van der Waals surface area contributed by atoms with Crippen molar-refractivity contribution in [3.05, 3.63) is 12.2 Å². The van der Waals surface area contributed by atoms with Crippen molar-refractivity contribution < 1.29 is 28.4 Å². The van der Waals surface area contributed by atoms with Gasteiger partial charge in [0, 0.05) is 19.0 Å². The Labute approximate surface area is 228 Å². The number of amides is 5. The monoisotopic (exact) mass is 545 g/mol. The molecule has 5 rings (SSSR count). The number of hydrogen-bond acceptors (Lipinski definition) is 5. The summed E-state index contributed by atoms with van der Waals surface area (Å²) in [5.74, 6) is -2.75. The van der Waals surface area contributed by atoms with E-state index in [0.29, 0.717) is 25.9 Å². The molecule has 4 fully saturated rings. The van der Waals surface area contributed by atoms with Gasteiger partial charge >= 0.3 is 0 Å². The van der Waals surface area contributed by atoms with E-state index >= 15 is 0 Å². The minimum atomic E-state index is -1.97. The predicted molar refractivity (Wildman–Crippen MR) is 139 cm³/mol. The van der Waals surface area contributed by atoms with Crippen molar-refractivity contribution >= 4 is 29.5 Å². The number of alkyl halides is 1. The Morgan fingerprint density at radius 3 is 2.44 bits per heavy atom. The first-order chi connectivity index (χ1) is 18.3. The molecule has 11 heteroatoms. The summed E-state index contributed by atoms with van der Waals surface area (Å²) < 4.78 is 14.9. The average molecular weight is 546 g/mol. The standard InChI is InChI=1S/C28H40FN5O5/c1-27(2,3)21(33-26(39)28(29)8-4-9-28)25(38)34-13-17-14-5-6-15(11-14)19(17)20(34)24(37)32-18(22(30)35)12-16-7-10-31-23(16)36/h5-6,14-21H,4,7-13H2,1-3H3,(H2,30,35)(H,31,36)(H,32,37)(H,33,39)/t14-,15+,16+,17-,18+,19+,20+,21-/m1/s1. The van der Waals surface area contributed by atoms with Crippen molar-refractivity contribution in [1.29, 1.82) is 0 Å². The SMILES string of the molecule is CC(C)(C)[C@H](NC(=O)C1(F)CCC1)C(=O)N1C[C@H]2[C@@H]([C@H]1C(=O)N[C@@H](C[C@@H]1CCNC1=O)C(N)=O)[C@H]1C=C[C@@H]2C1. The van der Waals surface area contributed by atoms with E-state index in [1.54, 1.807) is 20.8 Å². The van der Waals surface area contributed by atoms with Gasteiger partial charge in [-0.2, -0.15) is 0 Å². The van der Waals surface area contributed by atoms with Gasteiger partial charge in [0.1, 0.15) is 18.1 Å². The molecule has 0 spiro atoms. The second kappa shape index (κ2) is 9.89. The van der Waals surface area contributed by atoms with Crippen molar-refractivity contribution in [2.24, 2.45) is 40.7 Å². The number of primary amides is 1. The maximum Gasteiger partial charge on any atom is 0.258 e. The highest BCUT2D eigenvalue weighted by Gasteiger charge is 2.59. The first-order valence-corrected chi connectivity index (χ1v) is 14.2. The highest BCUT2D eigenvalue weighted by Crippen LogP contribution is 2.54. The van der Waals surface area contributed by atoms with E-state index in [0.717, 1.165) is 6.42 Å². The van der Waals surface area contributed by atoms with Crippen molar-refractivity contribution in [2.75, 3.05) is 13.1 Å². The molecule has 8 atom stereocenters. The summed E-state index contributed by atoms with van der Waals surface area (Å²) in [6, 6.07) is -2.96. The van der Waals surface area contributed by atoms with Crippen LogP contribution in [-0.4, -0.2) is 71.3 Å². The lowest BCUT2D eigenvalue weighted by molar-refractivity contribution is -0.149. The van der Waals surface area contributed by atoms with E-state index in [2.05, 4.69) is 28.1 Å². The number of allylic oxidation sites excluding steroid dienone is 2. The van der Waals surface area contributed by atoms with Crippen LogP contribution in [-0.2, 0) is 24.0 Å². The molecule has 2 bridgehead atoms. The van der Waals surface area contributed by atoms with E-state index < -0.39 is 58.8 Å². The van der Waals surface area contributed by atoms with Gasteiger partial charge in [-0.1, -0.05) is 32.9 Å². The topological polar surface area (TPSA) is 151 Å². The summed E-state index contributed by atoms with van der Waals surface area (Å²) in [6.45, 7) is 6.24. The quantitative estimate of drug-likeness (QED) is 0.329. The zero-order valence-corrected chi connectivity index (χ0v) is 22.9. The van der Waals surface area contributed by atoms with E-state index in [9.17, 15) is 28.4 Å². The molecule has 0 unspecified atom stereocenters. The Bertz CT molecular complexity index is 1100. The van der Waals surface area contributed by atoms with Crippen LogP contribution >= 0.6 is 0 Å². The van der Waals surface area contributed by atoms with E-state index in [-0.39, 0.29) is 48.8 Å². The fraction of sp³-hybridized carbons (Fsp3) is 0.750. The van der Waals surface area contributed by atoms with Crippen LogP contribution in [0.5, 0.6) is 0 Å². The summed E-state index contributed by atoms with van der Waals surface area (Å²) in [7, 11) is 0. The molecule has 3 aliphatic carbocycles. The number of hydrogen-bond donors (Lipinski definition) is 4. The van der Waals surface area contributed by atoms with E-state index in [1.165, 1.54) is 4.90 Å². The minimum absolute atomic E-state index is 0.0720. The summed E-state index contributed by atoms with van der Waals surface area (Å²) in [5, 5.41) is 8.17. The molecule has 5 N–H and O–H groups in total. The lowest BCUT2D eigenvalue weighted by Crippen LogP contribution is -2.62. The van der Waals surface area contributed by atoms with Gasteiger partial charge in [0.05, 0.1) is 0 Å². The van der Waals surface area contributed by atoms with Crippen LogP contribution in [0.4, 0.5) is 4.39 Å². The van der Waals surface area contributed by atoms with Crippen LogP contribution in [0.2, 0.25) is 0 Å². The Kier molecular flexibility index (Phi) is 6.99. The summed E-state index contributed by atoms with van der Waals surface area (Å²) >= 11 is 0. The molecule has 2 saturated carbocycles. The lowest BCUT2D eigenvalue weighted by atomic mass is 9.79. The molecule has 39 heavy (non-hydrogen) atoms. The largest absolute Gasteiger partial charge is 0.368 e. The normalized spacial score (nSPS) is 33.6. The van der Waals surface area contributed by atoms with Gasteiger partial charge in [0.25, 0.3) is 5.91 Å². The van der Waals surface area contributed by atoms with Gasteiger partial charge < -0.3 is 26.6 Å². The van der Waals surface area contributed by atoms with E-state index in [1.807, 2.05) is 0 Å². The second-order valence-electron chi connectivity index (χ2n) is 13.2. The van der Waals surface area contributed by atoms with Crippen molar-refractivity contribution in [3.8, 4) is 0 Å². The molecular weight excluding hydrogens is 505 g/mol. The number of likely N-dealkylation sites (tertiary alicyclic amines) is 1. The van der Waals surface area contributed by atoms with Gasteiger partial charge in [0.2, 0.25) is 23.6 Å². The van der Waals surface area contributed by atoms with Crippen LogP contribution < -0.4 is 21.7 Å². The zero-order chi connectivity index (χ0) is 28.3. The van der Waals surface area contributed by atoms with Crippen molar-refractivity contribution in [1.82, 2.24) is 20.9 Å². The second-order valence-corrected chi connectivity index (χ2v) is 13.2. The number of halogens is 1. The number of nitrogens with one attached hydrogen (secondary N) is 3. The van der Waals surface area contributed by atoms with Gasteiger partial charge in [-0.15, -0.1) is 0 Å². The van der Waals surface area contributed by atoms with Crippen LogP contribution in [0.1, 0.15) is 59.3 Å². The molecule has 0 aromatic carbocycles. The highest BCUT2D eigenvalue weighted by atomic mass is 19.1. The number of rotatable bonds is 8. The molecule has 10 nitrogen and oxygen atoms in total. The molecule has 2 saturated heterocycles. The fourth-order valence-corrected chi connectivity index (χ4v) is 7.23. The Balaban J connectivity index is 1.39. The van der Waals surface area contributed by atoms with Gasteiger partial charge in [-0.05, 0) is 67.6 Å². The Morgan fingerprint density at radius 1 is 1.18 bits per heavy atom. The van der Waals surface area contributed by atoms with Gasteiger partial charge in [0.15, 0.2) is 5.67 Å². The van der Waals surface area contributed by atoms with Crippen LogP contribution in [0.15, 0.2) is 12.2 Å². The molecule has 0 aromatic rings. The molecule has 5 aliphatic rings. The number of nitrogens with zero attached hydrogens (tertiary/aromatic N) is 1. The molecule has 2 heterocycles. The number of fused-ring (bicyclic) bond motifs is 5. The van der Waals surface area contributed by atoms with Crippen molar-refractivity contribution in [2.45, 2.75) is 83.1 Å². The maximum atomic E-state index is 14.9. The molecule has 0 radical (unpaired) electrons. The predicted octanol–water partition coefficient (Wildman–Crippen LogP) is 0.555. The maximum absolute atomic E-state index is 14.9. The summed E-state index contributed by atoms with van der Waals surface area (Å²) in [6.07, 6.45) is 6.67. The number of nitrogens with two attached hydrogens (primary N) is 1.